The van der Waals surface area contributed by atoms with Crippen molar-refractivity contribution < 1.29 is 4.39 Å². The summed E-state index contributed by atoms with van der Waals surface area (Å²) in [6.45, 7) is 2.28. The van der Waals surface area contributed by atoms with E-state index in [4.69, 9.17) is 5.73 Å². The third-order valence-corrected chi connectivity index (χ3v) is 2.91. The molecule has 0 bridgehead atoms. The molecule has 2 N–H and O–H groups in total. The fraction of sp³-hybridized carbons (Fsp3) is 0.308. The molecule has 1 aromatic heterocycles. The Morgan fingerprint density at radius 1 is 1.41 bits per heavy atom. The molecule has 0 saturated heterocycles. The molecule has 0 saturated carbocycles. The van der Waals surface area contributed by atoms with Gasteiger partial charge in [0.25, 0.3) is 0 Å². The number of nitrogens with zero attached hydrogens (tertiary/aromatic N) is 2. The zero-order valence-electron chi connectivity index (χ0n) is 10.0. The van der Waals surface area contributed by atoms with Crippen molar-refractivity contribution >= 4 is 0 Å². The Balaban J connectivity index is 2.47. The standard InChI is InChI=1S/C13H16FN3/c1-9-7-13(17(2)16-9)11(8-15)10-5-3-4-6-12(10)14/h3-7,11H,8,15H2,1-2H3. The molecule has 1 heterocycles. The largest absolute Gasteiger partial charge is 0.329 e. The Labute approximate surface area is 100 Å². The fourth-order valence-electron chi connectivity index (χ4n) is 2.12. The van der Waals surface area contributed by atoms with E-state index < -0.39 is 0 Å². The molecule has 0 aliphatic rings. The summed E-state index contributed by atoms with van der Waals surface area (Å²) in [7, 11) is 1.85. The second-order valence-corrected chi connectivity index (χ2v) is 4.14. The summed E-state index contributed by atoms with van der Waals surface area (Å²) in [4.78, 5) is 0. The van der Waals surface area contributed by atoms with Crippen LogP contribution in [0, 0.1) is 12.7 Å². The van der Waals surface area contributed by atoms with Gasteiger partial charge in [-0.15, -0.1) is 0 Å². The Hall–Kier alpha value is -1.68. The Bertz CT molecular complexity index is 519. The molecule has 1 atom stereocenters. The van der Waals surface area contributed by atoms with Crippen LogP contribution in [-0.2, 0) is 7.05 Å². The number of aryl methyl sites for hydroxylation is 2. The number of hydrogen-bond donors (Lipinski definition) is 1. The number of hydrogen-bond acceptors (Lipinski definition) is 2. The predicted molar refractivity (Wildman–Crippen MR) is 65.2 cm³/mol. The molecule has 0 spiro atoms. The van der Waals surface area contributed by atoms with Crippen LogP contribution in [0.4, 0.5) is 4.39 Å². The lowest BCUT2D eigenvalue weighted by Gasteiger charge is -2.16. The Kier molecular flexibility index (Phi) is 3.24. The van der Waals surface area contributed by atoms with Crippen LogP contribution >= 0.6 is 0 Å². The van der Waals surface area contributed by atoms with Crippen LogP contribution in [0.5, 0.6) is 0 Å². The maximum Gasteiger partial charge on any atom is 0.127 e. The van der Waals surface area contributed by atoms with E-state index in [1.807, 2.05) is 26.1 Å². The van der Waals surface area contributed by atoms with Gasteiger partial charge in [0.15, 0.2) is 0 Å². The molecule has 4 heteroatoms. The molecular weight excluding hydrogens is 217 g/mol. The molecule has 2 rings (SSSR count). The molecule has 90 valence electrons. The lowest BCUT2D eigenvalue weighted by atomic mass is 9.95. The summed E-state index contributed by atoms with van der Waals surface area (Å²) >= 11 is 0. The van der Waals surface area contributed by atoms with E-state index in [1.165, 1.54) is 6.07 Å². The number of aromatic nitrogens is 2. The van der Waals surface area contributed by atoms with Gasteiger partial charge in [0.2, 0.25) is 0 Å². The van der Waals surface area contributed by atoms with Gasteiger partial charge in [-0.05, 0) is 24.6 Å². The second-order valence-electron chi connectivity index (χ2n) is 4.14. The quantitative estimate of drug-likeness (QED) is 0.880. The highest BCUT2D eigenvalue weighted by Crippen LogP contribution is 2.25. The van der Waals surface area contributed by atoms with Crippen LogP contribution in [0.25, 0.3) is 0 Å². The first kappa shape index (κ1) is 11.8. The van der Waals surface area contributed by atoms with Crippen molar-refractivity contribution in [2.45, 2.75) is 12.8 Å². The average Bonchev–Trinajstić information content (AvgIpc) is 2.62. The molecule has 2 aromatic rings. The minimum atomic E-state index is -0.221. The SMILES string of the molecule is Cc1cc(C(CN)c2ccccc2F)n(C)n1. The molecule has 1 unspecified atom stereocenters. The topological polar surface area (TPSA) is 43.8 Å². The van der Waals surface area contributed by atoms with E-state index in [9.17, 15) is 4.39 Å². The lowest BCUT2D eigenvalue weighted by Crippen LogP contribution is -2.18. The van der Waals surface area contributed by atoms with Gasteiger partial charge in [0.1, 0.15) is 5.82 Å². The van der Waals surface area contributed by atoms with E-state index in [0.717, 1.165) is 11.4 Å². The van der Waals surface area contributed by atoms with Crippen molar-refractivity contribution in [1.29, 1.82) is 0 Å². The first-order chi connectivity index (χ1) is 8.13. The summed E-state index contributed by atoms with van der Waals surface area (Å²) in [5, 5.41) is 4.27. The van der Waals surface area contributed by atoms with Crippen molar-refractivity contribution in [3.05, 3.63) is 53.1 Å². The average molecular weight is 233 g/mol. The zero-order valence-corrected chi connectivity index (χ0v) is 10.0. The maximum atomic E-state index is 13.8. The Morgan fingerprint density at radius 3 is 2.65 bits per heavy atom. The summed E-state index contributed by atoms with van der Waals surface area (Å²) in [5.74, 6) is -0.371. The number of rotatable bonds is 3. The first-order valence-corrected chi connectivity index (χ1v) is 5.58. The van der Waals surface area contributed by atoms with Gasteiger partial charge >= 0.3 is 0 Å². The summed E-state index contributed by atoms with van der Waals surface area (Å²) in [6.07, 6.45) is 0. The fourth-order valence-corrected chi connectivity index (χ4v) is 2.12. The van der Waals surface area contributed by atoms with Gasteiger partial charge in [-0.2, -0.15) is 5.10 Å². The molecule has 0 aliphatic heterocycles. The zero-order chi connectivity index (χ0) is 12.4. The molecule has 0 fully saturated rings. The van der Waals surface area contributed by atoms with Crippen LogP contribution in [0.3, 0.4) is 0 Å². The normalized spacial score (nSPS) is 12.7. The van der Waals surface area contributed by atoms with Gasteiger partial charge in [-0.1, -0.05) is 18.2 Å². The summed E-state index contributed by atoms with van der Waals surface area (Å²) in [6, 6.07) is 8.69. The van der Waals surface area contributed by atoms with Gasteiger partial charge in [0, 0.05) is 25.2 Å². The van der Waals surface area contributed by atoms with Gasteiger partial charge in [-0.25, -0.2) is 4.39 Å². The van der Waals surface area contributed by atoms with E-state index in [2.05, 4.69) is 5.10 Å². The van der Waals surface area contributed by atoms with Crippen LogP contribution in [0.2, 0.25) is 0 Å². The van der Waals surface area contributed by atoms with E-state index >= 15 is 0 Å². The Morgan fingerprint density at radius 2 is 2.12 bits per heavy atom. The molecule has 0 radical (unpaired) electrons. The molecule has 17 heavy (non-hydrogen) atoms. The van der Waals surface area contributed by atoms with Crippen LogP contribution in [-0.4, -0.2) is 16.3 Å². The van der Waals surface area contributed by atoms with Crippen molar-refractivity contribution in [3.63, 3.8) is 0 Å². The predicted octanol–water partition coefficient (Wildman–Crippen LogP) is 1.96. The molecule has 3 nitrogen and oxygen atoms in total. The lowest BCUT2D eigenvalue weighted by molar-refractivity contribution is 0.582. The highest BCUT2D eigenvalue weighted by Gasteiger charge is 2.19. The highest BCUT2D eigenvalue weighted by molar-refractivity contribution is 5.31. The number of halogens is 1. The molecule has 1 aromatic carbocycles. The minimum absolute atomic E-state index is 0.151. The van der Waals surface area contributed by atoms with Crippen LogP contribution in [0.1, 0.15) is 22.9 Å². The van der Waals surface area contributed by atoms with Gasteiger partial charge < -0.3 is 5.73 Å². The third-order valence-electron chi connectivity index (χ3n) is 2.91. The van der Waals surface area contributed by atoms with Gasteiger partial charge in [0.05, 0.1) is 5.69 Å². The van der Waals surface area contributed by atoms with Crippen molar-refractivity contribution in [2.24, 2.45) is 12.8 Å². The van der Waals surface area contributed by atoms with Crippen molar-refractivity contribution in [3.8, 4) is 0 Å². The van der Waals surface area contributed by atoms with Crippen LogP contribution in [0.15, 0.2) is 30.3 Å². The first-order valence-electron chi connectivity index (χ1n) is 5.58. The number of nitrogens with two attached hydrogens (primary N) is 1. The highest BCUT2D eigenvalue weighted by atomic mass is 19.1. The van der Waals surface area contributed by atoms with Gasteiger partial charge in [-0.3, -0.25) is 4.68 Å². The summed E-state index contributed by atoms with van der Waals surface area (Å²) in [5.41, 5.74) is 8.25. The van der Waals surface area contributed by atoms with E-state index in [1.54, 1.807) is 16.8 Å². The monoisotopic (exact) mass is 233 g/mol. The molecule has 0 aliphatic carbocycles. The summed E-state index contributed by atoms with van der Waals surface area (Å²) < 4.78 is 15.5. The third kappa shape index (κ3) is 2.22. The van der Waals surface area contributed by atoms with Crippen molar-refractivity contribution in [1.82, 2.24) is 9.78 Å². The molecule has 0 amide bonds. The van der Waals surface area contributed by atoms with Crippen LogP contribution < -0.4 is 5.73 Å². The van der Waals surface area contributed by atoms with E-state index in [-0.39, 0.29) is 11.7 Å². The molecular formula is C13H16FN3. The second kappa shape index (κ2) is 4.67. The minimum Gasteiger partial charge on any atom is -0.329 e. The number of benzene rings is 1. The van der Waals surface area contributed by atoms with Crippen molar-refractivity contribution in [2.75, 3.05) is 6.54 Å². The van der Waals surface area contributed by atoms with E-state index in [0.29, 0.717) is 12.1 Å². The smallest absolute Gasteiger partial charge is 0.127 e. The maximum absolute atomic E-state index is 13.8.